The molecule has 7 nitrogen and oxygen atoms in total. The van der Waals surface area contributed by atoms with Gasteiger partial charge in [0, 0.05) is 11.1 Å². The van der Waals surface area contributed by atoms with Crippen LogP contribution >= 0.6 is 11.6 Å². The SMILES string of the molecule is Cc1coc(NC(=O)c2cc(Cl)ccc2[N+](=O)[O-])n1. The molecule has 0 bridgehead atoms. The first-order chi connectivity index (χ1) is 8.97. The van der Waals surface area contributed by atoms with Gasteiger partial charge < -0.3 is 4.42 Å². The highest BCUT2D eigenvalue weighted by Gasteiger charge is 2.21. The largest absolute Gasteiger partial charge is 0.432 e. The normalized spacial score (nSPS) is 10.2. The van der Waals surface area contributed by atoms with E-state index in [1.165, 1.54) is 18.4 Å². The van der Waals surface area contributed by atoms with Crippen LogP contribution in [0.5, 0.6) is 0 Å². The second-order valence-corrected chi connectivity index (χ2v) is 4.10. The topological polar surface area (TPSA) is 98.3 Å². The van der Waals surface area contributed by atoms with Crippen LogP contribution in [-0.4, -0.2) is 15.8 Å². The molecule has 0 aliphatic heterocycles. The van der Waals surface area contributed by atoms with Crippen molar-refractivity contribution in [2.45, 2.75) is 6.92 Å². The van der Waals surface area contributed by atoms with E-state index in [1.54, 1.807) is 6.92 Å². The number of carbonyl (C=O) groups excluding carboxylic acids is 1. The van der Waals surface area contributed by atoms with E-state index in [9.17, 15) is 14.9 Å². The first-order valence-corrected chi connectivity index (χ1v) is 5.52. The number of carbonyl (C=O) groups is 1. The quantitative estimate of drug-likeness (QED) is 0.689. The molecule has 0 atom stereocenters. The average molecular weight is 282 g/mol. The number of anilines is 1. The van der Waals surface area contributed by atoms with E-state index >= 15 is 0 Å². The number of benzene rings is 1. The number of amides is 1. The highest BCUT2D eigenvalue weighted by atomic mass is 35.5. The smallest absolute Gasteiger partial charge is 0.301 e. The Bertz CT molecular complexity index is 653. The van der Waals surface area contributed by atoms with Gasteiger partial charge in [0.2, 0.25) is 0 Å². The van der Waals surface area contributed by atoms with Crippen molar-refractivity contribution in [1.82, 2.24) is 4.98 Å². The van der Waals surface area contributed by atoms with Crippen LogP contribution in [0.4, 0.5) is 11.7 Å². The van der Waals surface area contributed by atoms with Crippen LogP contribution in [0.25, 0.3) is 0 Å². The number of oxazole rings is 1. The average Bonchev–Trinajstić information content (AvgIpc) is 2.74. The lowest BCUT2D eigenvalue weighted by Gasteiger charge is -2.02. The Balaban J connectivity index is 2.32. The number of halogens is 1. The molecule has 1 aromatic heterocycles. The number of nitro benzene ring substituents is 1. The van der Waals surface area contributed by atoms with E-state index < -0.39 is 10.8 Å². The summed E-state index contributed by atoms with van der Waals surface area (Å²) in [6.45, 7) is 1.68. The minimum Gasteiger partial charge on any atom is -0.432 e. The van der Waals surface area contributed by atoms with Crippen LogP contribution in [-0.2, 0) is 0 Å². The van der Waals surface area contributed by atoms with E-state index in [2.05, 4.69) is 10.3 Å². The highest BCUT2D eigenvalue weighted by Crippen LogP contribution is 2.23. The third-order valence-electron chi connectivity index (χ3n) is 2.24. The monoisotopic (exact) mass is 281 g/mol. The van der Waals surface area contributed by atoms with Crippen molar-refractivity contribution < 1.29 is 14.1 Å². The molecule has 0 saturated heterocycles. The number of hydrogen-bond acceptors (Lipinski definition) is 5. The fourth-order valence-electron chi connectivity index (χ4n) is 1.43. The van der Waals surface area contributed by atoms with Crippen molar-refractivity contribution in [2.75, 3.05) is 5.32 Å². The molecular formula is C11H8ClN3O4. The second kappa shape index (κ2) is 5.07. The van der Waals surface area contributed by atoms with Gasteiger partial charge in [-0.1, -0.05) is 11.6 Å². The lowest BCUT2D eigenvalue weighted by molar-refractivity contribution is -0.385. The molecule has 0 radical (unpaired) electrons. The van der Waals surface area contributed by atoms with Gasteiger partial charge >= 0.3 is 6.01 Å². The maximum atomic E-state index is 11.9. The summed E-state index contributed by atoms with van der Waals surface area (Å²) in [5.74, 6) is -0.712. The van der Waals surface area contributed by atoms with E-state index in [4.69, 9.17) is 16.0 Å². The van der Waals surface area contributed by atoms with Gasteiger partial charge in [-0.15, -0.1) is 0 Å². The molecule has 8 heteroatoms. The predicted molar refractivity (Wildman–Crippen MR) is 67.3 cm³/mol. The van der Waals surface area contributed by atoms with Crippen molar-refractivity contribution in [3.05, 3.63) is 50.9 Å². The van der Waals surface area contributed by atoms with Crippen LogP contribution < -0.4 is 5.32 Å². The minimum atomic E-state index is -0.712. The number of nitro groups is 1. The van der Waals surface area contributed by atoms with Gasteiger partial charge in [-0.3, -0.25) is 20.2 Å². The van der Waals surface area contributed by atoms with Crippen molar-refractivity contribution >= 4 is 29.2 Å². The highest BCUT2D eigenvalue weighted by molar-refractivity contribution is 6.31. The minimum absolute atomic E-state index is 0.0308. The van der Waals surface area contributed by atoms with E-state index in [1.807, 2.05) is 0 Å². The number of nitrogens with zero attached hydrogens (tertiary/aromatic N) is 2. The summed E-state index contributed by atoms with van der Waals surface area (Å²) in [5.41, 5.74) is 0.0782. The lowest BCUT2D eigenvalue weighted by atomic mass is 10.1. The van der Waals surface area contributed by atoms with Crippen LogP contribution in [0.3, 0.4) is 0 Å². The zero-order chi connectivity index (χ0) is 14.0. The Morgan fingerprint density at radius 2 is 2.26 bits per heavy atom. The van der Waals surface area contributed by atoms with Crippen molar-refractivity contribution in [1.29, 1.82) is 0 Å². The molecule has 2 rings (SSSR count). The Morgan fingerprint density at radius 3 is 2.84 bits per heavy atom. The van der Waals surface area contributed by atoms with Gasteiger partial charge in [-0.2, -0.15) is 4.98 Å². The fraction of sp³-hybridized carbons (Fsp3) is 0.0909. The Labute approximate surface area is 112 Å². The molecular weight excluding hydrogens is 274 g/mol. The summed E-state index contributed by atoms with van der Waals surface area (Å²) in [6, 6.07) is 3.69. The first kappa shape index (κ1) is 13.0. The number of aromatic nitrogens is 1. The standard InChI is InChI=1S/C11H8ClN3O4/c1-6-5-19-11(13-6)14-10(16)8-4-7(12)2-3-9(8)15(17)18/h2-5H,1H3,(H,13,14,16). The molecule has 0 spiro atoms. The van der Waals surface area contributed by atoms with Gasteiger partial charge in [0.15, 0.2) is 0 Å². The van der Waals surface area contributed by atoms with Crippen molar-refractivity contribution in [2.24, 2.45) is 0 Å². The van der Waals surface area contributed by atoms with Gasteiger partial charge in [0.1, 0.15) is 11.8 Å². The van der Waals surface area contributed by atoms with Gasteiger partial charge in [0.05, 0.1) is 10.6 Å². The van der Waals surface area contributed by atoms with Crippen LogP contribution in [0.1, 0.15) is 16.1 Å². The number of aryl methyl sites for hydroxylation is 1. The van der Waals surface area contributed by atoms with Crippen LogP contribution in [0, 0.1) is 17.0 Å². The van der Waals surface area contributed by atoms with Crippen molar-refractivity contribution in [3.8, 4) is 0 Å². The second-order valence-electron chi connectivity index (χ2n) is 3.67. The maximum Gasteiger partial charge on any atom is 0.301 e. The van der Waals surface area contributed by atoms with Crippen LogP contribution in [0.2, 0.25) is 5.02 Å². The summed E-state index contributed by atoms with van der Waals surface area (Å²) >= 11 is 5.73. The third kappa shape index (κ3) is 2.89. The van der Waals surface area contributed by atoms with Crippen LogP contribution in [0.15, 0.2) is 28.9 Å². The third-order valence-corrected chi connectivity index (χ3v) is 2.47. The predicted octanol–water partition coefficient (Wildman–Crippen LogP) is 2.80. The molecule has 0 aliphatic carbocycles. The van der Waals surface area contributed by atoms with Crippen molar-refractivity contribution in [3.63, 3.8) is 0 Å². The number of nitrogens with one attached hydrogen (secondary N) is 1. The Kier molecular flexibility index (Phi) is 3.48. The molecule has 0 aliphatic rings. The molecule has 0 saturated carbocycles. The molecule has 1 heterocycles. The van der Waals surface area contributed by atoms with Gasteiger partial charge in [-0.05, 0) is 19.1 Å². The summed E-state index contributed by atoms with van der Waals surface area (Å²) in [4.78, 5) is 26.0. The van der Waals surface area contributed by atoms with Gasteiger partial charge in [-0.25, -0.2) is 0 Å². The molecule has 1 amide bonds. The zero-order valence-corrected chi connectivity index (χ0v) is 10.5. The number of hydrogen-bond donors (Lipinski definition) is 1. The first-order valence-electron chi connectivity index (χ1n) is 5.15. The molecule has 1 aromatic carbocycles. The summed E-state index contributed by atoms with van der Waals surface area (Å²) < 4.78 is 4.94. The maximum absolute atomic E-state index is 11.9. The summed E-state index contributed by atoms with van der Waals surface area (Å²) in [6.07, 6.45) is 1.35. The fourth-order valence-corrected chi connectivity index (χ4v) is 1.60. The Hall–Kier alpha value is -2.41. The molecule has 98 valence electrons. The molecule has 0 unspecified atom stereocenters. The Morgan fingerprint density at radius 1 is 1.53 bits per heavy atom. The van der Waals surface area contributed by atoms with E-state index in [-0.39, 0.29) is 22.3 Å². The summed E-state index contributed by atoms with van der Waals surface area (Å²) in [5, 5.41) is 13.4. The lowest BCUT2D eigenvalue weighted by Crippen LogP contribution is -2.14. The summed E-state index contributed by atoms with van der Waals surface area (Å²) in [7, 11) is 0. The molecule has 0 fully saturated rings. The molecule has 2 aromatic rings. The van der Waals surface area contributed by atoms with Gasteiger partial charge in [0.25, 0.3) is 11.6 Å². The van der Waals surface area contributed by atoms with E-state index in [0.717, 1.165) is 6.07 Å². The number of rotatable bonds is 3. The molecule has 19 heavy (non-hydrogen) atoms. The molecule has 1 N–H and O–H groups in total. The zero-order valence-electron chi connectivity index (χ0n) is 9.71. The van der Waals surface area contributed by atoms with E-state index in [0.29, 0.717) is 5.69 Å².